The minimum Gasteiger partial charge on any atom is -0.370 e. The Morgan fingerprint density at radius 3 is 1.21 bits per heavy atom. The van der Waals surface area contributed by atoms with Crippen molar-refractivity contribution in [2.24, 2.45) is 16.5 Å². The Balaban J connectivity index is 0.000000186. The Bertz CT molecular complexity index is 5560. The molecule has 0 radical (unpaired) electrons. The predicted molar refractivity (Wildman–Crippen MR) is 464 cm³/mol. The third-order valence-corrected chi connectivity index (χ3v) is 20.3. The van der Waals surface area contributed by atoms with Crippen molar-refractivity contribution in [2.75, 3.05) is 38.1 Å². The number of Topliss-reactive ketones (excluding diaryl/α,β-unsaturated/α-hetero) is 1. The molecule has 0 spiro atoms. The lowest BCUT2D eigenvalue weighted by atomic mass is 9.99. The highest BCUT2D eigenvalue weighted by molar-refractivity contribution is 9.11. The van der Waals surface area contributed by atoms with Crippen LogP contribution in [0.3, 0.4) is 0 Å². The van der Waals surface area contributed by atoms with E-state index < -0.39 is 45.1 Å². The summed E-state index contributed by atoms with van der Waals surface area (Å²) < 4.78 is 35.9. The number of hydrogen-bond acceptors (Lipinski definition) is 21. The number of carbonyl (C=O) groups excluding carboxylic acids is 7. The number of imidazole rings is 7. The summed E-state index contributed by atoms with van der Waals surface area (Å²) in [6.45, 7) is 9.72. The summed E-state index contributed by atoms with van der Waals surface area (Å²) in [6.07, 6.45) is 25.4. The van der Waals surface area contributed by atoms with Gasteiger partial charge in [0.2, 0.25) is 23.7 Å². The average molecular weight is 1880 g/mol. The summed E-state index contributed by atoms with van der Waals surface area (Å²) >= 11 is 15.7. The lowest BCUT2D eigenvalue weighted by molar-refractivity contribution is -0.120. The first-order valence-electron chi connectivity index (χ1n) is 37.7. The number of amides is 6. The van der Waals surface area contributed by atoms with Crippen molar-refractivity contribution in [1.82, 2.24) is 68.6 Å². The standard InChI is InChI=1S/C24H16Br2N6O4.C19H19BrN6O2.C9H13N3O.2C7H11N3.C6H9ClO.C3H7N3O.C2H3N.H2O4S/c1-11-3-5-13(25)7-15(11)29-21(33)17-19-23(35)32-10-28-18(20(32)24(36)31(19)9-27-17)22(34)30-16-8-14(26)6-4-12(16)2;1-10-6-7-11(20)8-14(10)23-17(27)15-16(22-9-21-15)18(28)26-19-24-12-4-2-3-5-13(12)25-19;1-6(13)10-9-11-7-4-2-3-5-8(7)12-9;2*8-7-9-5-3-1-2-4-6(5)10-7;7-5-3-1-2-4-6(5)8;1-2(7)6-3(4)5;1-2-3;1-5(2,3)4/h3-10H,1-2H3,(H,29,33)(H,30,34);6-9H,2-5H2,1H3,(H,21,22)(H,23,27)(H2,24,25,26,28);2-5H2,1H3,(H2,10,11,12,13);2*1-4H2,(H3,8,9,10);5H,1-4H2;1H3,(H4,4,5,6,7);1H3;(H2,1,2,3,4). The summed E-state index contributed by atoms with van der Waals surface area (Å²) in [7, 11) is -4.67. The molecule has 1 unspecified atom stereocenters. The third-order valence-electron chi connectivity index (χ3n) is 18.4. The minimum atomic E-state index is -4.67. The number of benzene rings is 3. The number of H-pyrrole nitrogens is 5. The van der Waals surface area contributed by atoms with Crippen LogP contribution in [0.4, 0.5) is 40.9 Å². The molecule has 0 saturated heterocycles. The molecule has 6 amide bonds. The topological polar surface area (TPSA) is 607 Å². The van der Waals surface area contributed by atoms with E-state index in [9.17, 15) is 43.2 Å². The Labute approximate surface area is 717 Å². The van der Waals surface area contributed by atoms with Gasteiger partial charge in [-0.05, 0) is 189 Å². The SMILES string of the molecule is CC#N.CC(=O)N=C(N)N.CC(=O)Nc1nc2c([nH]1)CCCC2.Cc1ccc(Br)cc1NC(=O)c1nc[nH]c1C(=O)Nc1nc2c([nH]1)CCCC2.Cc1ccc(Br)cc1NC(=O)c1ncn2c(=O)c3c(C(=O)Nc4cc(Br)ccc4C)ncn3c(=O)c12.Nc1nc2c([nH]1)CCCC2.Nc1nc2c([nH]1)CCCC2.O=C1CCCCC1Cl.O=S(=O)(O)O. The summed E-state index contributed by atoms with van der Waals surface area (Å²) in [5, 5.41) is 20.8. The van der Waals surface area contributed by atoms with Gasteiger partial charge in [-0.25, -0.2) is 34.9 Å². The fourth-order valence-corrected chi connectivity index (χ4v) is 14.1. The van der Waals surface area contributed by atoms with Crippen LogP contribution in [0.15, 0.2) is 102 Å². The summed E-state index contributed by atoms with van der Waals surface area (Å²) in [5.74, 6) is -0.517. The number of aryl methyl sites for hydroxylation is 11. The Morgan fingerprint density at radius 2 is 0.883 bits per heavy atom. The largest absolute Gasteiger partial charge is 0.394 e. The number of aromatic amines is 5. The van der Waals surface area contributed by atoms with Gasteiger partial charge in [0.1, 0.15) is 29.4 Å². The Hall–Kier alpha value is -11.9. The normalized spacial score (nSPS) is 13.9. The number of hydrogen-bond donors (Lipinski definition) is 16. The van der Waals surface area contributed by atoms with E-state index in [2.05, 4.69) is 139 Å². The van der Waals surface area contributed by atoms with Gasteiger partial charge in [-0.15, -0.1) is 11.6 Å². The number of rotatable bonds is 9. The number of nitriles is 1. The van der Waals surface area contributed by atoms with Crippen LogP contribution in [0.1, 0.15) is 202 Å². The predicted octanol–water partition coefficient (Wildman–Crippen LogP) is 10.8. The fraction of sp³-hybridized carbons (Fsp3) is 0.351. The smallest absolute Gasteiger partial charge is 0.370 e. The molecule has 8 aromatic heterocycles. The number of nitrogen functional groups attached to an aromatic ring is 2. The number of nitrogens with two attached hydrogens (primary N) is 4. The first kappa shape index (κ1) is 93.6. The first-order valence-corrected chi connectivity index (χ1v) is 41.9. The van der Waals surface area contributed by atoms with Gasteiger partial charge >= 0.3 is 10.4 Å². The maximum Gasteiger partial charge on any atom is 0.394 e. The van der Waals surface area contributed by atoms with Crippen molar-refractivity contribution >= 4 is 169 Å². The number of aliphatic imine (C=N–C) groups is 1. The maximum atomic E-state index is 13.3. The second-order valence-corrected chi connectivity index (χ2v) is 31.8. The van der Waals surface area contributed by atoms with Crippen LogP contribution in [0.25, 0.3) is 11.0 Å². The molecule has 5 aliphatic carbocycles. The monoisotopic (exact) mass is 1880 g/mol. The zero-order valence-electron chi connectivity index (χ0n) is 66.2. The maximum absolute atomic E-state index is 13.3. The highest BCUT2D eigenvalue weighted by Gasteiger charge is 2.28. The van der Waals surface area contributed by atoms with Crippen molar-refractivity contribution in [2.45, 2.75) is 175 Å². The highest BCUT2D eigenvalue weighted by atomic mass is 79.9. The van der Waals surface area contributed by atoms with E-state index >= 15 is 0 Å². The van der Waals surface area contributed by atoms with Gasteiger partial charge in [0.05, 0.1) is 40.5 Å². The second-order valence-electron chi connectivity index (χ2n) is 27.6. The molecule has 3 aromatic carbocycles. The summed E-state index contributed by atoms with van der Waals surface area (Å²) in [4.78, 5) is 157. The summed E-state index contributed by atoms with van der Waals surface area (Å²) in [5.41, 5.74) is 31.8. The zero-order valence-corrected chi connectivity index (χ0v) is 72.5. The quantitative estimate of drug-likeness (QED) is 0.0276. The molecule has 20 N–H and O–H groups in total. The average Bonchev–Trinajstić information content (AvgIpc) is 1.57. The van der Waals surface area contributed by atoms with Crippen molar-refractivity contribution in [1.29, 1.82) is 5.26 Å². The van der Waals surface area contributed by atoms with Gasteiger partial charge in [0, 0.05) is 80.4 Å². The van der Waals surface area contributed by atoms with Gasteiger partial charge in [-0.1, -0.05) is 72.4 Å². The molecule has 0 bridgehead atoms. The van der Waals surface area contributed by atoms with Crippen molar-refractivity contribution in [3.8, 4) is 6.07 Å². The van der Waals surface area contributed by atoms with Crippen LogP contribution in [-0.2, 0) is 76.1 Å². The van der Waals surface area contributed by atoms with E-state index in [4.69, 9.17) is 57.3 Å². The van der Waals surface area contributed by atoms with E-state index in [0.717, 1.165) is 152 Å². The van der Waals surface area contributed by atoms with Crippen LogP contribution in [0.5, 0.6) is 0 Å². The lowest BCUT2D eigenvalue weighted by Crippen LogP contribution is -2.28. The molecule has 16 rings (SSSR count). The number of aromatic nitrogens is 14. The number of fused-ring (bicyclic) bond motifs is 6. The number of ketones is 1. The van der Waals surface area contributed by atoms with Crippen molar-refractivity contribution < 1.29 is 51.1 Å². The van der Waals surface area contributed by atoms with Crippen molar-refractivity contribution in [3.05, 3.63) is 193 Å². The molecule has 1 fully saturated rings. The second kappa shape index (κ2) is 44.2. The van der Waals surface area contributed by atoms with Gasteiger partial charge in [0.25, 0.3) is 34.7 Å². The van der Waals surface area contributed by atoms with Crippen LogP contribution in [0, 0.1) is 32.1 Å². The first-order chi connectivity index (χ1) is 57.0. The number of guanidine groups is 1. The molecule has 120 heavy (non-hydrogen) atoms. The molecule has 11 aromatic rings. The number of anilines is 7. The highest BCUT2D eigenvalue weighted by Crippen LogP contribution is 2.28. The molecule has 636 valence electrons. The molecular weight excluding hydrogens is 1790 g/mol. The van der Waals surface area contributed by atoms with Gasteiger partial charge in [-0.3, -0.25) is 71.7 Å². The number of halogens is 4. The van der Waals surface area contributed by atoms with Gasteiger partial charge in [0.15, 0.2) is 40.7 Å². The molecule has 1 atom stereocenters. The Kier molecular flexibility index (Phi) is 34.5. The van der Waals surface area contributed by atoms with E-state index in [1.807, 2.05) is 57.2 Å². The Morgan fingerprint density at radius 1 is 0.533 bits per heavy atom. The van der Waals surface area contributed by atoms with Gasteiger partial charge < -0.3 is 63.8 Å². The minimum absolute atomic E-state index is 0.0215. The van der Waals surface area contributed by atoms with E-state index in [-0.39, 0.29) is 62.7 Å². The van der Waals surface area contributed by atoms with E-state index in [1.165, 1.54) is 94.1 Å². The molecule has 1 saturated carbocycles. The summed E-state index contributed by atoms with van der Waals surface area (Å²) in [6, 6.07) is 18.1. The molecule has 43 heteroatoms. The number of alkyl halides is 1. The van der Waals surface area contributed by atoms with Crippen LogP contribution < -0.4 is 60.6 Å². The molecular formula is C77H91Br3ClN25O13S. The third kappa shape index (κ3) is 27.6. The van der Waals surface area contributed by atoms with Crippen molar-refractivity contribution in [3.63, 3.8) is 0 Å². The fourth-order valence-electron chi connectivity index (χ4n) is 12.8. The van der Waals surface area contributed by atoms with Gasteiger partial charge in [-0.2, -0.15) is 18.7 Å². The number of nitrogens with zero attached hydrogens (tertiary/aromatic N) is 11. The number of nitrogens with one attached hydrogen (secondary N) is 10. The number of carbonyl (C=O) groups is 7. The molecule has 38 nitrogen and oxygen atoms in total. The van der Waals surface area contributed by atoms with Crippen LogP contribution in [-0.4, -0.2) is 139 Å². The molecule has 8 heterocycles. The molecule has 0 aliphatic heterocycles. The van der Waals surface area contributed by atoms with E-state index in [1.54, 1.807) is 24.3 Å². The van der Waals surface area contributed by atoms with Crippen LogP contribution in [0.2, 0.25) is 0 Å². The molecule has 5 aliphatic rings. The van der Waals surface area contributed by atoms with Crippen LogP contribution >= 0.6 is 59.4 Å². The zero-order chi connectivity index (χ0) is 87.7. The van der Waals surface area contributed by atoms with E-state index in [0.29, 0.717) is 47.3 Å². The lowest BCUT2D eigenvalue weighted by Gasteiger charge is -2.12.